The first-order valence-corrected chi connectivity index (χ1v) is 6.49. The van der Waals surface area contributed by atoms with E-state index in [0.717, 1.165) is 17.7 Å². The molecule has 2 rings (SSSR count). The van der Waals surface area contributed by atoms with Crippen LogP contribution in [0.5, 0.6) is 11.5 Å². The quantitative estimate of drug-likeness (QED) is 0.475. The van der Waals surface area contributed by atoms with Crippen molar-refractivity contribution in [2.75, 3.05) is 0 Å². The van der Waals surface area contributed by atoms with Crippen molar-refractivity contribution in [3.8, 4) is 11.5 Å². The molecule has 2 aromatic rings. The Morgan fingerprint density at radius 2 is 2.00 bits per heavy atom. The van der Waals surface area contributed by atoms with Gasteiger partial charge in [-0.1, -0.05) is 34.1 Å². The number of hydrogen-bond donors (Lipinski definition) is 0. The fourth-order valence-corrected chi connectivity index (χ4v) is 2.00. The number of nitrogens with zero attached hydrogens (tertiary/aromatic N) is 1. The van der Waals surface area contributed by atoms with Crippen molar-refractivity contribution >= 4 is 21.6 Å². The zero-order chi connectivity index (χ0) is 13.8. The molecule has 0 aliphatic rings. The molecule has 6 heteroatoms. The van der Waals surface area contributed by atoms with E-state index in [9.17, 15) is 14.5 Å². The molecule has 0 aliphatic carbocycles. The summed E-state index contributed by atoms with van der Waals surface area (Å²) in [4.78, 5) is 9.74. The zero-order valence-corrected chi connectivity index (χ0v) is 11.3. The minimum Gasteiger partial charge on any atom is -0.457 e. The van der Waals surface area contributed by atoms with E-state index < -0.39 is 16.4 Å². The van der Waals surface area contributed by atoms with Crippen LogP contribution < -0.4 is 4.74 Å². The van der Waals surface area contributed by atoms with Gasteiger partial charge < -0.3 is 4.74 Å². The molecule has 0 amide bonds. The molecule has 19 heavy (non-hydrogen) atoms. The lowest BCUT2D eigenvalue weighted by Gasteiger charge is -2.09. The smallest absolute Gasteiger partial charge is 0.305 e. The summed E-state index contributed by atoms with van der Waals surface area (Å²) in [5.74, 6) is -0.122. The Morgan fingerprint density at radius 3 is 2.63 bits per heavy atom. The highest BCUT2D eigenvalue weighted by atomic mass is 79.9. The Hall–Kier alpha value is -1.95. The number of para-hydroxylation sites is 1. The maximum absolute atomic E-state index is 13.5. The molecule has 0 fully saturated rings. The third-order valence-electron chi connectivity index (χ3n) is 2.46. The van der Waals surface area contributed by atoms with Gasteiger partial charge in [0.15, 0.2) is 0 Å². The van der Waals surface area contributed by atoms with E-state index in [1.165, 1.54) is 6.07 Å². The van der Waals surface area contributed by atoms with Crippen molar-refractivity contribution in [3.63, 3.8) is 0 Å². The molecule has 0 unspecified atom stereocenters. The molecule has 0 spiro atoms. The van der Waals surface area contributed by atoms with Crippen LogP contribution in [0.25, 0.3) is 0 Å². The van der Waals surface area contributed by atoms with Crippen molar-refractivity contribution in [2.24, 2.45) is 0 Å². The molecule has 0 saturated carbocycles. The van der Waals surface area contributed by atoms with Crippen molar-refractivity contribution in [1.29, 1.82) is 0 Å². The Labute approximate surface area is 117 Å². The Morgan fingerprint density at radius 1 is 1.26 bits per heavy atom. The molecule has 0 atom stereocenters. The molecular weight excluding hydrogens is 317 g/mol. The second-order valence-electron chi connectivity index (χ2n) is 3.71. The number of hydrogen-bond acceptors (Lipinski definition) is 3. The first-order valence-electron chi connectivity index (χ1n) is 5.37. The second kappa shape index (κ2) is 5.79. The van der Waals surface area contributed by atoms with Crippen LogP contribution in [0.3, 0.4) is 0 Å². The van der Waals surface area contributed by atoms with E-state index >= 15 is 0 Å². The number of halogens is 2. The number of alkyl halides is 1. The van der Waals surface area contributed by atoms with E-state index in [2.05, 4.69) is 15.9 Å². The number of nitro benzene ring substituents is 1. The Kier molecular flexibility index (Phi) is 4.11. The predicted octanol–water partition coefficient (Wildman–Crippen LogP) is 4.42. The standard InChI is InChI=1S/C13H9BrFNO3/c14-8-9-3-1-2-4-13(9)19-10-5-6-12(16(17)18)11(15)7-10/h1-7H,8H2. The fraction of sp³-hybridized carbons (Fsp3) is 0.0769. The van der Waals surface area contributed by atoms with Gasteiger partial charge in [-0.05, 0) is 12.1 Å². The van der Waals surface area contributed by atoms with Gasteiger partial charge >= 0.3 is 5.69 Å². The minimum absolute atomic E-state index is 0.219. The highest BCUT2D eigenvalue weighted by Crippen LogP contribution is 2.29. The van der Waals surface area contributed by atoms with Crippen molar-refractivity contribution < 1.29 is 14.1 Å². The molecule has 0 heterocycles. The van der Waals surface area contributed by atoms with Gasteiger partial charge in [0.05, 0.1) is 4.92 Å². The van der Waals surface area contributed by atoms with Crippen molar-refractivity contribution in [3.05, 3.63) is 64.0 Å². The molecule has 0 aliphatic heterocycles. The van der Waals surface area contributed by atoms with Crippen LogP contribution in [0.15, 0.2) is 42.5 Å². The van der Waals surface area contributed by atoms with Crippen LogP contribution >= 0.6 is 15.9 Å². The van der Waals surface area contributed by atoms with E-state index in [1.807, 2.05) is 12.1 Å². The summed E-state index contributed by atoms with van der Waals surface area (Å²) >= 11 is 3.32. The van der Waals surface area contributed by atoms with Gasteiger partial charge in [-0.25, -0.2) is 0 Å². The molecule has 0 saturated heterocycles. The monoisotopic (exact) mass is 325 g/mol. The van der Waals surface area contributed by atoms with Crippen LogP contribution in [0.2, 0.25) is 0 Å². The van der Waals surface area contributed by atoms with Crippen molar-refractivity contribution in [1.82, 2.24) is 0 Å². The van der Waals surface area contributed by atoms with Crippen LogP contribution in [0.1, 0.15) is 5.56 Å². The lowest BCUT2D eigenvalue weighted by molar-refractivity contribution is -0.387. The average molecular weight is 326 g/mol. The third-order valence-corrected chi connectivity index (χ3v) is 3.06. The normalized spacial score (nSPS) is 10.2. The summed E-state index contributed by atoms with van der Waals surface area (Å²) in [7, 11) is 0. The Bertz CT molecular complexity index is 619. The predicted molar refractivity (Wildman–Crippen MR) is 72.2 cm³/mol. The van der Waals surface area contributed by atoms with E-state index in [1.54, 1.807) is 12.1 Å². The lowest BCUT2D eigenvalue weighted by Crippen LogP contribution is -1.94. The van der Waals surface area contributed by atoms with E-state index in [4.69, 9.17) is 4.74 Å². The molecule has 0 aromatic heterocycles. The fourth-order valence-electron chi connectivity index (χ4n) is 1.54. The summed E-state index contributed by atoms with van der Waals surface area (Å²) in [5.41, 5.74) is 0.336. The molecule has 98 valence electrons. The zero-order valence-electron chi connectivity index (χ0n) is 9.68. The molecule has 4 nitrogen and oxygen atoms in total. The molecule has 0 N–H and O–H groups in total. The molecule has 2 aromatic carbocycles. The number of ether oxygens (including phenoxy) is 1. The summed E-state index contributed by atoms with van der Waals surface area (Å²) < 4.78 is 19.0. The first-order chi connectivity index (χ1) is 9.11. The topological polar surface area (TPSA) is 52.4 Å². The average Bonchev–Trinajstić information content (AvgIpc) is 2.39. The van der Waals surface area contributed by atoms with Gasteiger partial charge in [0.2, 0.25) is 5.82 Å². The second-order valence-corrected chi connectivity index (χ2v) is 4.27. The molecule has 0 radical (unpaired) electrons. The Balaban J connectivity index is 2.29. The SMILES string of the molecule is O=[N+]([O-])c1ccc(Oc2ccccc2CBr)cc1F. The van der Waals surface area contributed by atoms with Gasteiger partial charge in [-0.15, -0.1) is 0 Å². The lowest BCUT2D eigenvalue weighted by atomic mass is 10.2. The largest absolute Gasteiger partial charge is 0.457 e. The highest BCUT2D eigenvalue weighted by Gasteiger charge is 2.15. The van der Waals surface area contributed by atoms with Gasteiger partial charge in [0.1, 0.15) is 11.5 Å². The van der Waals surface area contributed by atoms with Gasteiger partial charge in [-0.3, -0.25) is 10.1 Å². The summed E-state index contributed by atoms with van der Waals surface area (Å²) in [6.45, 7) is 0. The van der Waals surface area contributed by atoms with Crippen LogP contribution in [-0.2, 0) is 5.33 Å². The maximum Gasteiger partial charge on any atom is 0.305 e. The van der Waals surface area contributed by atoms with Crippen LogP contribution in [-0.4, -0.2) is 4.92 Å². The van der Waals surface area contributed by atoms with E-state index in [0.29, 0.717) is 11.1 Å². The van der Waals surface area contributed by atoms with Crippen LogP contribution in [0, 0.1) is 15.9 Å². The summed E-state index contributed by atoms with van der Waals surface area (Å²) in [6.07, 6.45) is 0. The third kappa shape index (κ3) is 3.08. The number of nitro groups is 1. The van der Waals surface area contributed by atoms with E-state index in [-0.39, 0.29) is 5.75 Å². The van der Waals surface area contributed by atoms with Crippen molar-refractivity contribution in [2.45, 2.75) is 5.33 Å². The highest BCUT2D eigenvalue weighted by molar-refractivity contribution is 9.08. The molecular formula is C13H9BrFNO3. The molecule has 0 bridgehead atoms. The van der Waals surface area contributed by atoms with Gasteiger partial charge in [0.25, 0.3) is 0 Å². The maximum atomic E-state index is 13.5. The summed E-state index contributed by atoms with van der Waals surface area (Å²) in [6, 6.07) is 10.7. The minimum atomic E-state index is -0.918. The van der Waals surface area contributed by atoms with Gasteiger partial charge in [-0.2, -0.15) is 4.39 Å². The van der Waals surface area contributed by atoms with Crippen LogP contribution in [0.4, 0.5) is 10.1 Å². The first kappa shape index (κ1) is 13.5. The number of rotatable bonds is 4. The van der Waals surface area contributed by atoms with Gasteiger partial charge in [0, 0.05) is 23.0 Å². The number of benzene rings is 2. The summed E-state index contributed by atoms with van der Waals surface area (Å²) in [5, 5.41) is 11.1.